The van der Waals surface area contributed by atoms with Crippen LogP contribution in [-0.2, 0) is 27.0 Å². The van der Waals surface area contributed by atoms with Crippen LogP contribution in [0.2, 0.25) is 0 Å². The molecule has 0 fully saturated rings. The Bertz CT molecular complexity index is 549. The quantitative estimate of drug-likeness (QED) is 0.102. The molecule has 0 aromatic heterocycles. The van der Waals surface area contributed by atoms with Gasteiger partial charge in [-0.15, -0.1) is 0 Å². The summed E-state index contributed by atoms with van der Waals surface area (Å²) >= 11 is 0. The number of phosphoric ester groups is 2. The molecule has 200 valence electrons. The molecule has 0 spiro atoms. The van der Waals surface area contributed by atoms with Gasteiger partial charge in [0.2, 0.25) is 0 Å². The molecule has 10 nitrogen and oxygen atoms in total. The fourth-order valence-electron chi connectivity index (χ4n) is 2.86. The average Bonchev–Trinajstić information content (AvgIpc) is 2.79. The number of rotatable bonds is 24. The van der Waals surface area contributed by atoms with Crippen molar-refractivity contribution < 1.29 is 47.2 Å². The SMILES string of the molecule is CCCCCCCCOP(=O)(O)OP(=O)(OCCCCCCCC)OCC(CO)(CO)CO. The van der Waals surface area contributed by atoms with Crippen LogP contribution in [0.1, 0.15) is 90.9 Å². The lowest BCUT2D eigenvalue weighted by atomic mass is 9.93. The van der Waals surface area contributed by atoms with Crippen LogP contribution in [0.3, 0.4) is 0 Å². The third-order valence-corrected chi connectivity index (χ3v) is 8.32. The van der Waals surface area contributed by atoms with E-state index in [1.54, 1.807) is 0 Å². The lowest BCUT2D eigenvalue weighted by Gasteiger charge is -2.29. The largest absolute Gasteiger partial charge is 0.483 e. The van der Waals surface area contributed by atoms with Gasteiger partial charge >= 0.3 is 15.6 Å². The van der Waals surface area contributed by atoms with E-state index in [4.69, 9.17) is 17.9 Å². The molecule has 0 saturated heterocycles. The summed E-state index contributed by atoms with van der Waals surface area (Å²) in [6, 6.07) is 0. The predicted octanol–water partition coefficient (Wildman–Crippen LogP) is 4.95. The molecule has 2 atom stereocenters. The Hall–Kier alpha value is 0.140. The molecule has 0 bridgehead atoms. The summed E-state index contributed by atoms with van der Waals surface area (Å²) in [7, 11) is -9.33. The van der Waals surface area contributed by atoms with Crippen LogP contribution >= 0.6 is 15.6 Å². The summed E-state index contributed by atoms with van der Waals surface area (Å²) in [5.74, 6) is 0. The zero-order chi connectivity index (χ0) is 25.1. The van der Waals surface area contributed by atoms with Crippen LogP contribution in [0.25, 0.3) is 0 Å². The molecule has 12 heteroatoms. The van der Waals surface area contributed by atoms with E-state index in [9.17, 15) is 29.3 Å². The van der Waals surface area contributed by atoms with Crippen molar-refractivity contribution in [1.82, 2.24) is 0 Å². The smallest absolute Gasteiger partial charge is 0.396 e. The highest BCUT2D eigenvalue weighted by atomic mass is 31.3. The number of hydrogen-bond donors (Lipinski definition) is 4. The maximum Gasteiger partial charge on any atom is 0.483 e. The number of unbranched alkanes of at least 4 members (excludes halogenated alkanes) is 10. The van der Waals surface area contributed by atoms with Gasteiger partial charge in [-0.25, -0.2) is 9.13 Å². The van der Waals surface area contributed by atoms with Crippen LogP contribution in [0.15, 0.2) is 0 Å². The molecule has 33 heavy (non-hydrogen) atoms. The van der Waals surface area contributed by atoms with Gasteiger partial charge in [0.05, 0.1) is 45.1 Å². The molecule has 0 radical (unpaired) electrons. The standard InChI is InChI=1S/C21H46O10P2/c1-3-5-7-9-11-13-15-28-32(25,26)31-33(27,29-16-14-12-10-8-6-4-2)30-20-21(17-22,18-23)19-24/h22-24H,3-20H2,1-2H3,(H,25,26). The average molecular weight is 521 g/mol. The second kappa shape index (κ2) is 19.3. The van der Waals surface area contributed by atoms with Crippen LogP contribution < -0.4 is 0 Å². The Balaban J connectivity index is 4.83. The maximum absolute atomic E-state index is 13.0. The lowest BCUT2D eigenvalue weighted by Crippen LogP contribution is -2.38. The third kappa shape index (κ3) is 16.4. The van der Waals surface area contributed by atoms with E-state index in [0.717, 1.165) is 64.2 Å². The lowest BCUT2D eigenvalue weighted by molar-refractivity contribution is -0.0340. The minimum atomic E-state index is -4.75. The second-order valence-corrected chi connectivity index (χ2v) is 11.7. The Morgan fingerprint density at radius 1 is 0.636 bits per heavy atom. The molecule has 0 aliphatic rings. The van der Waals surface area contributed by atoms with Crippen molar-refractivity contribution in [1.29, 1.82) is 0 Å². The van der Waals surface area contributed by atoms with Gasteiger partial charge in [-0.05, 0) is 12.8 Å². The fraction of sp³-hybridized carbons (Fsp3) is 1.00. The van der Waals surface area contributed by atoms with Crippen molar-refractivity contribution >= 4 is 15.6 Å². The highest BCUT2D eigenvalue weighted by Crippen LogP contribution is 2.64. The summed E-state index contributed by atoms with van der Waals surface area (Å²) in [4.78, 5) is 10.0. The molecule has 2 unspecified atom stereocenters. The Kier molecular flexibility index (Phi) is 19.4. The highest BCUT2D eigenvalue weighted by Gasteiger charge is 2.41. The van der Waals surface area contributed by atoms with Gasteiger partial charge in [-0.2, -0.15) is 4.31 Å². The minimum absolute atomic E-state index is 0.0365. The van der Waals surface area contributed by atoms with Gasteiger partial charge in [0.15, 0.2) is 0 Å². The molecule has 0 aliphatic heterocycles. The van der Waals surface area contributed by atoms with E-state index >= 15 is 0 Å². The molecule has 0 aliphatic carbocycles. The van der Waals surface area contributed by atoms with Gasteiger partial charge in [0.1, 0.15) is 0 Å². The molecular weight excluding hydrogens is 474 g/mol. The number of aliphatic hydroxyl groups excluding tert-OH is 3. The summed E-state index contributed by atoms with van der Waals surface area (Å²) in [6.07, 6.45) is 11.4. The van der Waals surface area contributed by atoms with E-state index in [1.807, 2.05) is 0 Å². The van der Waals surface area contributed by atoms with Crippen molar-refractivity contribution in [2.75, 3.05) is 39.6 Å². The third-order valence-electron chi connectivity index (χ3n) is 5.24. The molecule has 4 N–H and O–H groups in total. The van der Waals surface area contributed by atoms with Crippen molar-refractivity contribution in [2.24, 2.45) is 5.41 Å². The topological polar surface area (TPSA) is 152 Å². The van der Waals surface area contributed by atoms with E-state index < -0.39 is 47.5 Å². The van der Waals surface area contributed by atoms with Crippen LogP contribution in [-0.4, -0.2) is 59.9 Å². The summed E-state index contributed by atoms with van der Waals surface area (Å²) < 4.78 is 45.5. The second-order valence-electron chi connectivity index (χ2n) is 8.45. The molecule has 0 aromatic carbocycles. The van der Waals surface area contributed by atoms with Crippen molar-refractivity contribution in [3.8, 4) is 0 Å². The molecule has 0 heterocycles. The van der Waals surface area contributed by atoms with Crippen molar-refractivity contribution in [2.45, 2.75) is 90.9 Å². The monoisotopic (exact) mass is 520 g/mol. The van der Waals surface area contributed by atoms with Crippen molar-refractivity contribution in [3.63, 3.8) is 0 Å². The Morgan fingerprint density at radius 2 is 1.06 bits per heavy atom. The van der Waals surface area contributed by atoms with E-state index in [2.05, 4.69) is 13.8 Å². The molecule has 0 aromatic rings. The van der Waals surface area contributed by atoms with Crippen LogP contribution in [0, 0.1) is 5.41 Å². The zero-order valence-corrected chi connectivity index (χ0v) is 22.1. The molecule has 0 amide bonds. The zero-order valence-electron chi connectivity index (χ0n) is 20.4. The summed E-state index contributed by atoms with van der Waals surface area (Å²) in [5, 5.41) is 28.3. The van der Waals surface area contributed by atoms with Gasteiger partial charge < -0.3 is 20.2 Å². The maximum atomic E-state index is 13.0. The number of hydrogen-bond acceptors (Lipinski definition) is 9. The predicted molar refractivity (Wildman–Crippen MR) is 127 cm³/mol. The van der Waals surface area contributed by atoms with E-state index in [1.165, 1.54) is 0 Å². The first-order valence-corrected chi connectivity index (χ1v) is 15.1. The van der Waals surface area contributed by atoms with Gasteiger partial charge in [-0.3, -0.25) is 13.6 Å². The normalized spacial score (nSPS) is 15.9. The molecular formula is C21H46O10P2. The summed E-state index contributed by atoms with van der Waals surface area (Å²) in [6.45, 7) is 1.54. The first kappa shape index (κ1) is 33.1. The first-order chi connectivity index (χ1) is 15.7. The van der Waals surface area contributed by atoms with E-state index in [0.29, 0.717) is 12.8 Å². The highest BCUT2D eigenvalue weighted by molar-refractivity contribution is 7.61. The molecule has 0 saturated carbocycles. The van der Waals surface area contributed by atoms with Gasteiger partial charge in [0, 0.05) is 0 Å². The van der Waals surface area contributed by atoms with E-state index in [-0.39, 0.29) is 13.2 Å². The Labute approximate surface area is 199 Å². The minimum Gasteiger partial charge on any atom is -0.396 e. The van der Waals surface area contributed by atoms with Crippen LogP contribution in [0.5, 0.6) is 0 Å². The number of phosphoric acid groups is 2. The fourth-order valence-corrected chi connectivity index (χ4v) is 5.65. The van der Waals surface area contributed by atoms with Crippen molar-refractivity contribution in [3.05, 3.63) is 0 Å². The van der Waals surface area contributed by atoms with Crippen LogP contribution in [0.4, 0.5) is 0 Å². The number of aliphatic hydroxyl groups is 3. The molecule has 0 rings (SSSR count). The van der Waals surface area contributed by atoms with Gasteiger partial charge in [-0.1, -0.05) is 78.1 Å². The van der Waals surface area contributed by atoms with Gasteiger partial charge in [0.25, 0.3) is 0 Å². The Morgan fingerprint density at radius 3 is 1.52 bits per heavy atom. The first-order valence-electron chi connectivity index (χ1n) is 12.1. The summed E-state index contributed by atoms with van der Waals surface area (Å²) in [5.41, 5.74) is -1.51.